The first-order chi connectivity index (χ1) is 4.18. The van der Waals surface area contributed by atoms with Crippen LogP contribution < -0.4 is 0 Å². The molecule has 1 rings (SSSR count). The molecule has 1 aromatic carbocycles. The van der Waals surface area contributed by atoms with Crippen molar-refractivity contribution < 1.29 is 26.8 Å². The molecule has 0 aliphatic carbocycles. The van der Waals surface area contributed by atoms with Crippen molar-refractivity contribution in [1.82, 2.24) is 0 Å². The van der Waals surface area contributed by atoms with Crippen LogP contribution in [0.1, 0.15) is 11.1 Å². The Morgan fingerprint density at radius 1 is 1.00 bits per heavy atom. The zero-order chi connectivity index (χ0) is 6.85. The first-order valence-corrected chi connectivity index (χ1v) is 2.96. The van der Waals surface area contributed by atoms with Crippen LogP contribution in [0.3, 0.4) is 0 Å². The van der Waals surface area contributed by atoms with E-state index in [-0.39, 0.29) is 21.7 Å². The predicted molar refractivity (Wildman–Crippen MR) is 37.6 cm³/mol. The Hall–Kier alpha value is -0.266. The summed E-state index contributed by atoms with van der Waals surface area (Å²) in [7, 11) is 0. The summed E-state index contributed by atoms with van der Waals surface area (Å²) < 4.78 is 0. The number of hydrogen-bond donors (Lipinski definition) is 1. The molecule has 0 aromatic heterocycles. The van der Waals surface area contributed by atoms with Crippen molar-refractivity contribution in [2.45, 2.75) is 13.8 Å². The van der Waals surface area contributed by atoms with Crippen molar-refractivity contribution in [2.24, 2.45) is 0 Å². The molecule has 0 fully saturated rings. The minimum absolute atomic E-state index is 0. The van der Waals surface area contributed by atoms with Gasteiger partial charge in [0.2, 0.25) is 0 Å². The van der Waals surface area contributed by atoms with Gasteiger partial charge in [-0.15, -0.1) is 0 Å². The van der Waals surface area contributed by atoms with Crippen LogP contribution >= 0.6 is 0 Å². The van der Waals surface area contributed by atoms with Gasteiger partial charge in [0.1, 0.15) is 5.75 Å². The maximum absolute atomic E-state index is 8.99. The van der Waals surface area contributed by atoms with E-state index in [1.807, 2.05) is 19.9 Å². The molecule has 52 valence electrons. The summed E-state index contributed by atoms with van der Waals surface area (Å²) in [6.07, 6.45) is 0. The molecule has 0 aliphatic heterocycles. The zero-order valence-electron chi connectivity index (χ0n) is 6.18. The molecular weight excluding hydrogens is 160 g/mol. The third kappa shape index (κ3) is 2.55. The molecule has 10 heavy (non-hydrogen) atoms. The first-order valence-electron chi connectivity index (χ1n) is 2.96. The summed E-state index contributed by atoms with van der Waals surface area (Å²) in [5.41, 5.74) is 2.21. The van der Waals surface area contributed by atoms with Gasteiger partial charge in [0, 0.05) is 21.7 Å². The summed E-state index contributed by atoms with van der Waals surface area (Å²) in [6, 6.07) is 5.51. The molecule has 0 spiro atoms. The molecule has 0 heterocycles. The first kappa shape index (κ1) is 9.73. The summed E-state index contributed by atoms with van der Waals surface area (Å²) >= 11 is 0. The van der Waals surface area contributed by atoms with E-state index in [4.69, 9.17) is 5.11 Å². The van der Waals surface area contributed by atoms with E-state index in [1.165, 1.54) is 0 Å². The van der Waals surface area contributed by atoms with Gasteiger partial charge in [0.15, 0.2) is 0 Å². The molecule has 2 heteroatoms. The van der Waals surface area contributed by atoms with Gasteiger partial charge in [-0.1, -0.05) is 6.07 Å². The van der Waals surface area contributed by atoms with Crippen molar-refractivity contribution in [3.63, 3.8) is 0 Å². The molecule has 1 aromatic rings. The summed E-state index contributed by atoms with van der Waals surface area (Å²) in [5.74, 6) is 0.354. The summed E-state index contributed by atoms with van der Waals surface area (Å²) in [6.45, 7) is 3.93. The van der Waals surface area contributed by atoms with E-state index in [0.29, 0.717) is 5.75 Å². The maximum atomic E-state index is 8.99. The summed E-state index contributed by atoms with van der Waals surface area (Å²) in [4.78, 5) is 0. The van der Waals surface area contributed by atoms with Gasteiger partial charge in [-0.3, -0.25) is 0 Å². The van der Waals surface area contributed by atoms with Gasteiger partial charge in [0.25, 0.3) is 0 Å². The van der Waals surface area contributed by atoms with E-state index < -0.39 is 0 Å². The van der Waals surface area contributed by atoms with Crippen molar-refractivity contribution in [1.29, 1.82) is 0 Å². The number of aromatic hydroxyl groups is 1. The Balaban J connectivity index is 0.000000810. The van der Waals surface area contributed by atoms with Crippen LogP contribution in [0.5, 0.6) is 5.75 Å². The van der Waals surface area contributed by atoms with Crippen molar-refractivity contribution in [3.8, 4) is 5.75 Å². The van der Waals surface area contributed by atoms with Gasteiger partial charge in [-0.2, -0.15) is 0 Å². The monoisotopic (exact) mass is 170 g/mol. The van der Waals surface area contributed by atoms with E-state index in [2.05, 4.69) is 0 Å². The molecule has 1 nitrogen and oxygen atoms in total. The number of hydrogen-bond acceptors (Lipinski definition) is 1. The minimum Gasteiger partial charge on any atom is -0.508 e. The molecule has 0 saturated carbocycles. The molecule has 0 saturated heterocycles. The fourth-order valence-electron chi connectivity index (χ4n) is 0.951. The summed E-state index contributed by atoms with van der Waals surface area (Å²) in [5, 5.41) is 8.99. The topological polar surface area (TPSA) is 20.2 Å². The smallest absolute Gasteiger partial charge is 0.116 e. The Labute approximate surface area is 76.0 Å². The molecule has 0 bridgehead atoms. The second kappa shape index (κ2) is 3.79. The van der Waals surface area contributed by atoms with Crippen LogP contribution in [0.25, 0.3) is 0 Å². The zero-order valence-corrected chi connectivity index (χ0v) is 7.74. The standard InChI is InChI=1S/C8H10O.Ti/c1-6-3-7(2)5-8(9)4-6;/h3-5,9H,1-2H3;. The van der Waals surface area contributed by atoms with Crippen LogP contribution in [0.15, 0.2) is 18.2 Å². The largest absolute Gasteiger partial charge is 0.508 e. The van der Waals surface area contributed by atoms with Gasteiger partial charge >= 0.3 is 0 Å². The Morgan fingerprint density at radius 3 is 1.70 bits per heavy atom. The minimum atomic E-state index is 0. The number of phenolic OH excluding ortho intramolecular Hbond substituents is 1. The third-order valence-electron chi connectivity index (χ3n) is 1.21. The molecule has 0 atom stereocenters. The number of benzene rings is 1. The van der Waals surface area contributed by atoms with Crippen LogP contribution in [-0.2, 0) is 21.7 Å². The van der Waals surface area contributed by atoms with E-state index in [9.17, 15) is 0 Å². The van der Waals surface area contributed by atoms with Gasteiger partial charge < -0.3 is 5.11 Å². The molecule has 0 unspecified atom stereocenters. The molecule has 1 N–H and O–H groups in total. The van der Waals surface area contributed by atoms with Crippen LogP contribution in [0, 0.1) is 13.8 Å². The Morgan fingerprint density at radius 2 is 1.40 bits per heavy atom. The van der Waals surface area contributed by atoms with Gasteiger partial charge in [-0.05, 0) is 37.1 Å². The fraction of sp³-hybridized carbons (Fsp3) is 0.250. The molecule has 0 radical (unpaired) electrons. The normalized spacial score (nSPS) is 8.60. The Bertz CT molecular complexity index is 170. The molecule has 0 amide bonds. The number of rotatable bonds is 0. The van der Waals surface area contributed by atoms with Gasteiger partial charge in [-0.25, -0.2) is 0 Å². The molecular formula is C8H10OTi. The maximum Gasteiger partial charge on any atom is 0.116 e. The average Bonchev–Trinajstić information content (AvgIpc) is 1.59. The van der Waals surface area contributed by atoms with E-state index >= 15 is 0 Å². The quantitative estimate of drug-likeness (QED) is 0.590. The SMILES string of the molecule is Cc1cc(C)cc(O)c1.[Ti]. The predicted octanol–water partition coefficient (Wildman–Crippen LogP) is 2.01. The Kier molecular flexibility index (Phi) is 3.69. The van der Waals surface area contributed by atoms with E-state index in [0.717, 1.165) is 11.1 Å². The van der Waals surface area contributed by atoms with Crippen LogP contribution in [0.2, 0.25) is 0 Å². The van der Waals surface area contributed by atoms with E-state index in [1.54, 1.807) is 12.1 Å². The van der Waals surface area contributed by atoms with Gasteiger partial charge in [0.05, 0.1) is 0 Å². The number of aryl methyl sites for hydroxylation is 2. The van der Waals surface area contributed by atoms with Crippen molar-refractivity contribution >= 4 is 0 Å². The second-order valence-corrected chi connectivity index (χ2v) is 2.35. The second-order valence-electron chi connectivity index (χ2n) is 2.35. The number of phenols is 1. The van der Waals surface area contributed by atoms with Crippen LogP contribution in [-0.4, -0.2) is 5.11 Å². The fourth-order valence-corrected chi connectivity index (χ4v) is 0.951. The third-order valence-corrected chi connectivity index (χ3v) is 1.21. The average molecular weight is 170 g/mol. The van der Waals surface area contributed by atoms with Crippen molar-refractivity contribution in [3.05, 3.63) is 29.3 Å². The van der Waals surface area contributed by atoms with Crippen LogP contribution in [0.4, 0.5) is 0 Å². The molecule has 0 aliphatic rings. The van der Waals surface area contributed by atoms with Crippen molar-refractivity contribution in [2.75, 3.05) is 0 Å².